The molecule has 0 aliphatic rings. The molecule has 0 saturated heterocycles. The Morgan fingerprint density at radius 3 is 2.20 bits per heavy atom. The summed E-state index contributed by atoms with van der Waals surface area (Å²) in [6.07, 6.45) is 1.91. The van der Waals surface area contributed by atoms with Crippen LogP contribution in [0.25, 0.3) is 0 Å². The molecule has 0 aromatic carbocycles. The molecule has 0 heterocycles. The van der Waals surface area contributed by atoms with Crippen LogP contribution < -0.4 is 5.73 Å². The van der Waals surface area contributed by atoms with Crippen LogP contribution in [0.5, 0.6) is 0 Å². The van der Waals surface area contributed by atoms with Gasteiger partial charge in [-0.05, 0) is 47.5 Å². The summed E-state index contributed by atoms with van der Waals surface area (Å²) in [7, 11) is 6.28. The molecule has 15 heavy (non-hydrogen) atoms. The van der Waals surface area contributed by atoms with E-state index in [0.717, 1.165) is 32.5 Å². The van der Waals surface area contributed by atoms with Gasteiger partial charge in [0.15, 0.2) is 0 Å². The molecule has 92 valence electrons. The van der Waals surface area contributed by atoms with Crippen molar-refractivity contribution in [3.63, 3.8) is 0 Å². The van der Waals surface area contributed by atoms with Crippen LogP contribution in [0.3, 0.4) is 0 Å². The lowest BCUT2D eigenvalue weighted by Crippen LogP contribution is -2.41. The maximum absolute atomic E-state index is 8.99. The summed E-state index contributed by atoms with van der Waals surface area (Å²) >= 11 is 0. The number of hydrogen-bond acceptors (Lipinski definition) is 4. The first kappa shape index (κ1) is 14.8. The summed E-state index contributed by atoms with van der Waals surface area (Å²) in [5.74, 6) is 0. The third-order valence-electron chi connectivity index (χ3n) is 2.58. The number of aliphatic hydroxyl groups is 1. The number of likely N-dealkylation sites (N-methyl/N-ethyl adjacent to an activating group) is 2. The zero-order chi connectivity index (χ0) is 11.9. The molecule has 0 aromatic heterocycles. The standard InChI is InChI=1S/C11H27N3O/c1-11(12,10-15)6-5-7-14(4)9-8-13(2)3/h15H,5-10,12H2,1-4H3. The van der Waals surface area contributed by atoms with E-state index in [9.17, 15) is 0 Å². The predicted molar refractivity (Wildman–Crippen MR) is 65.0 cm³/mol. The number of aliphatic hydroxyl groups excluding tert-OH is 1. The molecule has 3 N–H and O–H groups in total. The monoisotopic (exact) mass is 217 g/mol. The Labute approximate surface area is 94.0 Å². The molecule has 0 fully saturated rings. The molecule has 0 amide bonds. The highest BCUT2D eigenvalue weighted by atomic mass is 16.3. The van der Waals surface area contributed by atoms with Gasteiger partial charge >= 0.3 is 0 Å². The second-order valence-electron chi connectivity index (χ2n) is 5.02. The lowest BCUT2D eigenvalue weighted by molar-refractivity contribution is 0.190. The molecule has 0 rings (SSSR count). The summed E-state index contributed by atoms with van der Waals surface area (Å²) in [4.78, 5) is 4.48. The van der Waals surface area contributed by atoms with E-state index in [2.05, 4.69) is 30.9 Å². The van der Waals surface area contributed by atoms with Crippen LogP contribution in [0.4, 0.5) is 0 Å². The molecular weight excluding hydrogens is 190 g/mol. The average molecular weight is 217 g/mol. The van der Waals surface area contributed by atoms with Crippen LogP contribution in [0.2, 0.25) is 0 Å². The molecule has 1 unspecified atom stereocenters. The van der Waals surface area contributed by atoms with Crippen LogP contribution in [0.15, 0.2) is 0 Å². The number of rotatable bonds is 8. The first-order valence-corrected chi connectivity index (χ1v) is 5.60. The van der Waals surface area contributed by atoms with Crippen molar-refractivity contribution in [3.8, 4) is 0 Å². The quantitative estimate of drug-likeness (QED) is 0.599. The van der Waals surface area contributed by atoms with Crippen molar-refractivity contribution in [2.75, 3.05) is 47.4 Å². The van der Waals surface area contributed by atoms with Gasteiger partial charge < -0.3 is 20.6 Å². The van der Waals surface area contributed by atoms with Gasteiger partial charge in [0, 0.05) is 18.6 Å². The Hall–Kier alpha value is -0.160. The van der Waals surface area contributed by atoms with Crippen LogP contribution in [0, 0.1) is 0 Å². The predicted octanol–water partition coefficient (Wildman–Crippen LogP) is -0.0303. The Bertz CT molecular complexity index is 160. The SMILES string of the molecule is CN(C)CCN(C)CCCC(C)(N)CO. The minimum atomic E-state index is -0.414. The average Bonchev–Trinajstić information content (AvgIpc) is 2.14. The highest BCUT2D eigenvalue weighted by molar-refractivity contribution is 4.77. The smallest absolute Gasteiger partial charge is 0.0608 e. The second kappa shape index (κ2) is 7.17. The molecule has 4 nitrogen and oxygen atoms in total. The van der Waals surface area contributed by atoms with E-state index < -0.39 is 5.54 Å². The molecule has 0 aromatic rings. The molecule has 1 atom stereocenters. The van der Waals surface area contributed by atoms with Crippen molar-refractivity contribution in [2.24, 2.45) is 5.73 Å². The minimum Gasteiger partial charge on any atom is -0.394 e. The van der Waals surface area contributed by atoms with E-state index >= 15 is 0 Å². The van der Waals surface area contributed by atoms with Gasteiger partial charge in [0.05, 0.1) is 6.61 Å². The zero-order valence-corrected chi connectivity index (χ0v) is 10.7. The van der Waals surface area contributed by atoms with Crippen molar-refractivity contribution >= 4 is 0 Å². The Balaban J connectivity index is 3.50. The molecule has 0 aliphatic carbocycles. The van der Waals surface area contributed by atoms with Gasteiger partial charge in [-0.1, -0.05) is 0 Å². The van der Waals surface area contributed by atoms with Crippen molar-refractivity contribution in [3.05, 3.63) is 0 Å². The largest absolute Gasteiger partial charge is 0.394 e. The van der Waals surface area contributed by atoms with Gasteiger partial charge in [0.25, 0.3) is 0 Å². The van der Waals surface area contributed by atoms with Crippen molar-refractivity contribution < 1.29 is 5.11 Å². The summed E-state index contributed by atoms with van der Waals surface area (Å²) in [5, 5.41) is 8.99. The molecule has 0 bridgehead atoms. The maximum Gasteiger partial charge on any atom is 0.0608 e. The van der Waals surface area contributed by atoms with E-state index in [-0.39, 0.29) is 6.61 Å². The lowest BCUT2D eigenvalue weighted by atomic mass is 9.98. The summed E-state index contributed by atoms with van der Waals surface area (Å²) in [5.41, 5.74) is 5.43. The van der Waals surface area contributed by atoms with Gasteiger partial charge in [0.2, 0.25) is 0 Å². The van der Waals surface area contributed by atoms with Crippen molar-refractivity contribution in [1.82, 2.24) is 9.80 Å². The summed E-state index contributed by atoms with van der Waals surface area (Å²) < 4.78 is 0. The van der Waals surface area contributed by atoms with E-state index in [0.29, 0.717) is 0 Å². The zero-order valence-electron chi connectivity index (χ0n) is 10.7. The minimum absolute atomic E-state index is 0.0639. The number of hydrogen-bond donors (Lipinski definition) is 2. The Morgan fingerprint density at radius 1 is 1.13 bits per heavy atom. The highest BCUT2D eigenvalue weighted by Gasteiger charge is 2.16. The lowest BCUT2D eigenvalue weighted by Gasteiger charge is -2.24. The highest BCUT2D eigenvalue weighted by Crippen LogP contribution is 2.07. The second-order valence-corrected chi connectivity index (χ2v) is 5.02. The van der Waals surface area contributed by atoms with E-state index in [1.54, 1.807) is 0 Å². The van der Waals surface area contributed by atoms with Gasteiger partial charge in [-0.3, -0.25) is 0 Å². The fraction of sp³-hybridized carbons (Fsp3) is 1.00. The first-order valence-electron chi connectivity index (χ1n) is 5.60. The van der Waals surface area contributed by atoms with Gasteiger partial charge in [0.1, 0.15) is 0 Å². The fourth-order valence-electron chi connectivity index (χ4n) is 1.31. The number of nitrogens with zero attached hydrogens (tertiary/aromatic N) is 2. The first-order chi connectivity index (χ1) is 6.87. The van der Waals surface area contributed by atoms with Gasteiger partial charge in [-0.25, -0.2) is 0 Å². The Morgan fingerprint density at radius 2 is 1.73 bits per heavy atom. The van der Waals surface area contributed by atoms with E-state index in [4.69, 9.17) is 10.8 Å². The fourth-order valence-corrected chi connectivity index (χ4v) is 1.31. The topological polar surface area (TPSA) is 52.7 Å². The normalized spacial score (nSPS) is 16.0. The van der Waals surface area contributed by atoms with Crippen molar-refractivity contribution in [1.29, 1.82) is 0 Å². The molecule has 0 saturated carbocycles. The van der Waals surface area contributed by atoms with Crippen LogP contribution in [0.1, 0.15) is 19.8 Å². The van der Waals surface area contributed by atoms with Gasteiger partial charge in [-0.2, -0.15) is 0 Å². The van der Waals surface area contributed by atoms with E-state index in [1.165, 1.54) is 0 Å². The third kappa shape index (κ3) is 8.81. The van der Waals surface area contributed by atoms with Crippen LogP contribution in [-0.2, 0) is 0 Å². The van der Waals surface area contributed by atoms with Crippen LogP contribution >= 0.6 is 0 Å². The van der Waals surface area contributed by atoms with Crippen molar-refractivity contribution in [2.45, 2.75) is 25.3 Å². The summed E-state index contributed by atoms with van der Waals surface area (Å²) in [6.45, 7) is 5.16. The van der Waals surface area contributed by atoms with Crippen LogP contribution in [-0.4, -0.2) is 67.8 Å². The molecule has 4 heteroatoms. The van der Waals surface area contributed by atoms with Gasteiger partial charge in [-0.15, -0.1) is 0 Å². The third-order valence-corrected chi connectivity index (χ3v) is 2.58. The Kier molecular flexibility index (Phi) is 7.09. The molecular formula is C11H27N3O. The number of nitrogens with two attached hydrogens (primary N) is 1. The molecule has 0 spiro atoms. The molecule has 0 radical (unpaired) electrons. The van der Waals surface area contributed by atoms with E-state index in [1.807, 2.05) is 6.92 Å². The maximum atomic E-state index is 8.99. The molecule has 0 aliphatic heterocycles. The summed E-state index contributed by atoms with van der Waals surface area (Å²) in [6, 6.07) is 0.